The van der Waals surface area contributed by atoms with E-state index in [1.165, 1.54) is 58.0 Å². The van der Waals surface area contributed by atoms with E-state index in [0.29, 0.717) is 0 Å². The summed E-state index contributed by atoms with van der Waals surface area (Å²) >= 11 is 1.86. The van der Waals surface area contributed by atoms with Crippen LogP contribution in [0.2, 0.25) is 0 Å². The summed E-state index contributed by atoms with van der Waals surface area (Å²) in [6.45, 7) is 0. The van der Waals surface area contributed by atoms with Crippen LogP contribution in [0.4, 0.5) is 0 Å². The Morgan fingerprint density at radius 3 is 2.02 bits per heavy atom. The van der Waals surface area contributed by atoms with Crippen LogP contribution >= 0.6 is 11.3 Å². The molecule has 1 aliphatic rings. The molecule has 1 unspecified atom stereocenters. The second kappa shape index (κ2) is 11.7. The van der Waals surface area contributed by atoms with Crippen LogP contribution in [0.25, 0.3) is 80.6 Å². The third-order valence-electron chi connectivity index (χ3n) is 10.7. The average molecular weight is 698 g/mol. The highest BCUT2D eigenvalue weighted by molar-refractivity contribution is 7.26. The number of hydrogen-bond donors (Lipinski definition) is 0. The molecule has 0 radical (unpaired) electrons. The van der Waals surface area contributed by atoms with Gasteiger partial charge in [0, 0.05) is 73.1 Å². The van der Waals surface area contributed by atoms with Crippen LogP contribution in [0, 0.1) is 0 Å². The van der Waals surface area contributed by atoms with Crippen molar-refractivity contribution in [3.63, 3.8) is 0 Å². The highest BCUT2D eigenvalue weighted by Crippen LogP contribution is 2.49. The largest absolute Gasteiger partial charge is 0.353 e. The van der Waals surface area contributed by atoms with Crippen LogP contribution in [0.3, 0.4) is 0 Å². The van der Waals surface area contributed by atoms with E-state index in [2.05, 4.69) is 172 Å². The van der Waals surface area contributed by atoms with Crippen LogP contribution < -0.4 is 0 Å². The Bertz CT molecular complexity index is 3120. The van der Waals surface area contributed by atoms with E-state index in [1.54, 1.807) is 12.4 Å². The molecule has 0 bridgehead atoms. The van der Waals surface area contributed by atoms with E-state index in [0.717, 1.165) is 39.4 Å². The highest BCUT2D eigenvalue weighted by atomic mass is 32.1. The van der Waals surface area contributed by atoms with Crippen LogP contribution in [0.15, 0.2) is 169 Å². The van der Waals surface area contributed by atoms with Gasteiger partial charge in [-0.3, -0.25) is 4.99 Å². The zero-order valence-corrected chi connectivity index (χ0v) is 29.6. The number of nitrogens with zero attached hydrogens (tertiary/aromatic N) is 5. The number of aliphatic imine (C=N–C) groups is 1. The summed E-state index contributed by atoms with van der Waals surface area (Å²) in [7, 11) is 2.14. The fraction of sp³-hybridized carbons (Fsp3) is 0.0426. The second-order valence-corrected chi connectivity index (χ2v) is 14.7. The number of rotatable bonds is 4. The molecule has 6 heteroatoms. The van der Waals surface area contributed by atoms with Crippen molar-refractivity contribution < 1.29 is 0 Å². The summed E-state index contributed by atoms with van der Waals surface area (Å²) in [5, 5.41) is 9.95. The Morgan fingerprint density at radius 2 is 1.25 bits per heavy atom. The van der Waals surface area contributed by atoms with E-state index >= 15 is 0 Å². The molecule has 0 aliphatic carbocycles. The maximum Gasteiger partial charge on any atom is 0.159 e. The van der Waals surface area contributed by atoms with Gasteiger partial charge in [-0.25, -0.2) is 9.97 Å². The van der Waals surface area contributed by atoms with Crippen molar-refractivity contribution in [2.45, 2.75) is 6.17 Å². The third-order valence-corrected chi connectivity index (χ3v) is 11.9. The maximum absolute atomic E-state index is 5.58. The van der Waals surface area contributed by atoms with Gasteiger partial charge < -0.3 is 9.47 Å². The number of fused-ring (bicyclic) bond motifs is 12. The topological polar surface area (TPSA) is 46.3 Å². The smallest absolute Gasteiger partial charge is 0.159 e. The lowest BCUT2D eigenvalue weighted by Crippen LogP contribution is -2.27. The van der Waals surface area contributed by atoms with Gasteiger partial charge in [0.25, 0.3) is 0 Å². The highest BCUT2D eigenvalue weighted by Gasteiger charge is 2.29. The Balaban J connectivity index is 1.29. The predicted molar refractivity (Wildman–Crippen MR) is 223 cm³/mol. The number of allylic oxidation sites excluding steroid dienone is 1. The first kappa shape index (κ1) is 30.0. The molecule has 7 aromatic carbocycles. The summed E-state index contributed by atoms with van der Waals surface area (Å²) in [5.41, 5.74) is 7.64. The lowest BCUT2D eigenvalue weighted by Gasteiger charge is -2.32. The van der Waals surface area contributed by atoms with Gasteiger partial charge in [-0.15, -0.1) is 11.3 Å². The first-order chi connectivity index (χ1) is 26.2. The normalized spacial score (nSPS) is 14.9. The van der Waals surface area contributed by atoms with Gasteiger partial charge in [0.2, 0.25) is 0 Å². The van der Waals surface area contributed by atoms with Gasteiger partial charge in [0.15, 0.2) is 5.82 Å². The first-order valence-electron chi connectivity index (χ1n) is 17.9. The van der Waals surface area contributed by atoms with Crippen molar-refractivity contribution in [2.24, 2.45) is 4.99 Å². The molecule has 250 valence electrons. The molecule has 0 saturated heterocycles. The van der Waals surface area contributed by atoms with Crippen LogP contribution in [-0.4, -0.2) is 32.2 Å². The minimum absolute atomic E-state index is 0.155. The van der Waals surface area contributed by atoms with Crippen molar-refractivity contribution in [1.29, 1.82) is 0 Å². The Hall–Kier alpha value is -6.63. The van der Waals surface area contributed by atoms with Gasteiger partial charge in [-0.2, -0.15) is 0 Å². The SMILES string of the molecule is CN1C=C(n2c3ccc4c5cc(-c6ncccn6)ccc5sc4c3c3c4ccccc4c4ccccc4c32)C(c2ccccc2)=NC1c1ccccc1. The molecule has 1 atom stereocenters. The first-order valence-corrected chi connectivity index (χ1v) is 18.7. The zero-order valence-electron chi connectivity index (χ0n) is 28.8. The predicted octanol–water partition coefficient (Wildman–Crippen LogP) is 11.9. The number of hydrogen-bond acceptors (Lipinski definition) is 5. The molecule has 0 N–H and O–H groups in total. The van der Waals surface area contributed by atoms with Gasteiger partial charge in [0.1, 0.15) is 6.17 Å². The lowest BCUT2D eigenvalue weighted by atomic mass is 9.96. The monoisotopic (exact) mass is 697 g/mol. The molecule has 0 amide bonds. The molecular weight excluding hydrogens is 667 g/mol. The van der Waals surface area contributed by atoms with Crippen molar-refractivity contribution in [1.82, 2.24) is 19.4 Å². The molecule has 11 rings (SSSR count). The van der Waals surface area contributed by atoms with Crippen molar-refractivity contribution in [3.05, 3.63) is 175 Å². The Kier molecular flexibility index (Phi) is 6.63. The zero-order chi connectivity index (χ0) is 35.0. The van der Waals surface area contributed by atoms with Crippen molar-refractivity contribution in [2.75, 3.05) is 7.05 Å². The van der Waals surface area contributed by atoms with Crippen molar-refractivity contribution in [3.8, 4) is 11.4 Å². The minimum Gasteiger partial charge on any atom is -0.353 e. The molecule has 5 nitrogen and oxygen atoms in total. The summed E-state index contributed by atoms with van der Waals surface area (Å²) in [4.78, 5) is 16.9. The number of aromatic nitrogens is 3. The molecular formula is C47H31N5S. The van der Waals surface area contributed by atoms with Gasteiger partial charge in [-0.05, 0) is 52.1 Å². The molecule has 4 heterocycles. The van der Waals surface area contributed by atoms with E-state index in [-0.39, 0.29) is 6.17 Å². The Labute approximate surface area is 309 Å². The van der Waals surface area contributed by atoms with E-state index in [1.807, 2.05) is 17.4 Å². The second-order valence-electron chi connectivity index (χ2n) is 13.7. The molecule has 1 aliphatic heterocycles. The lowest BCUT2D eigenvalue weighted by molar-refractivity contribution is 0.345. The van der Waals surface area contributed by atoms with Crippen LogP contribution in [-0.2, 0) is 0 Å². The number of thiophene rings is 1. The van der Waals surface area contributed by atoms with Gasteiger partial charge in [-0.1, -0.05) is 115 Å². The van der Waals surface area contributed by atoms with E-state index < -0.39 is 0 Å². The molecule has 53 heavy (non-hydrogen) atoms. The molecule has 3 aromatic heterocycles. The quantitative estimate of drug-likeness (QED) is 0.172. The van der Waals surface area contributed by atoms with E-state index in [9.17, 15) is 0 Å². The van der Waals surface area contributed by atoms with Gasteiger partial charge in [0.05, 0.1) is 22.4 Å². The van der Waals surface area contributed by atoms with Crippen LogP contribution in [0.5, 0.6) is 0 Å². The summed E-state index contributed by atoms with van der Waals surface area (Å²) in [6.07, 6.45) is 5.76. The summed E-state index contributed by atoms with van der Waals surface area (Å²) in [6, 6.07) is 52.1. The average Bonchev–Trinajstić information content (AvgIpc) is 3.78. The molecule has 0 spiro atoms. The fourth-order valence-corrected chi connectivity index (χ4v) is 9.58. The standard InChI is InChI=1S/C47H31N5S/c1-51-28-39(43(29-13-4-2-5-14-29)50-47(51)30-15-6-3-7-16-30)52-38-23-22-36-37-27-31(46-48-25-12-26-49-46)21-24-40(37)53-45(36)42(38)41-34-19-10-8-17-32(34)33-18-9-11-20-35(33)44(41)52/h2-28,47H,1H3. The molecule has 0 saturated carbocycles. The maximum atomic E-state index is 5.58. The number of benzene rings is 7. The third kappa shape index (κ3) is 4.52. The van der Waals surface area contributed by atoms with Gasteiger partial charge >= 0.3 is 0 Å². The van der Waals surface area contributed by atoms with Crippen LogP contribution in [0.1, 0.15) is 17.3 Å². The summed E-state index contributed by atoms with van der Waals surface area (Å²) < 4.78 is 5.01. The molecule has 10 aromatic rings. The van der Waals surface area contributed by atoms with Crippen molar-refractivity contribution >= 4 is 86.3 Å². The Morgan fingerprint density at radius 1 is 0.566 bits per heavy atom. The summed E-state index contributed by atoms with van der Waals surface area (Å²) in [5.74, 6) is 0.735. The van der Waals surface area contributed by atoms with E-state index in [4.69, 9.17) is 4.99 Å². The minimum atomic E-state index is -0.155. The molecule has 0 fully saturated rings. The fourth-order valence-electron chi connectivity index (χ4n) is 8.34.